The quantitative estimate of drug-likeness (QED) is 0.625. The number of carbonyl (C=O) groups excluding carboxylic acids is 1. The van der Waals surface area contributed by atoms with E-state index < -0.39 is 10.0 Å². The van der Waals surface area contributed by atoms with Crippen LogP contribution in [0.25, 0.3) is 0 Å². The highest BCUT2D eigenvalue weighted by atomic mass is 32.2. The highest BCUT2D eigenvalue weighted by molar-refractivity contribution is 7.89. The summed E-state index contributed by atoms with van der Waals surface area (Å²) in [4.78, 5) is 18.7. The van der Waals surface area contributed by atoms with E-state index in [1.807, 2.05) is 14.1 Å². The number of hydrogen-bond acceptors (Lipinski definition) is 5. The Morgan fingerprint density at radius 2 is 1.84 bits per heavy atom. The summed E-state index contributed by atoms with van der Waals surface area (Å²) in [5, 5.41) is 3.10. The fourth-order valence-corrected chi connectivity index (χ4v) is 5.25. The Labute approximate surface area is 185 Å². The summed E-state index contributed by atoms with van der Waals surface area (Å²) >= 11 is 0. The van der Waals surface area contributed by atoms with Crippen LogP contribution in [-0.2, 0) is 28.3 Å². The van der Waals surface area contributed by atoms with E-state index in [1.165, 1.54) is 21.8 Å². The molecule has 1 aliphatic rings. The van der Waals surface area contributed by atoms with Crippen LogP contribution in [0.1, 0.15) is 30.7 Å². The lowest BCUT2D eigenvalue weighted by Crippen LogP contribution is -2.43. The van der Waals surface area contributed by atoms with Gasteiger partial charge in [0.25, 0.3) is 10.0 Å². The highest BCUT2D eigenvalue weighted by Crippen LogP contribution is 2.23. The number of rotatable bonds is 8. The summed E-state index contributed by atoms with van der Waals surface area (Å²) in [6.07, 6.45) is 4.39. The van der Waals surface area contributed by atoms with Gasteiger partial charge in [-0.1, -0.05) is 12.1 Å². The van der Waals surface area contributed by atoms with Crippen molar-refractivity contribution in [2.75, 3.05) is 38.6 Å². The molecule has 31 heavy (non-hydrogen) atoms. The van der Waals surface area contributed by atoms with Crippen molar-refractivity contribution in [3.63, 3.8) is 0 Å². The molecule has 0 saturated carbocycles. The maximum absolute atomic E-state index is 12.8. The molecule has 2 aromatic rings. The van der Waals surface area contributed by atoms with E-state index in [1.54, 1.807) is 18.5 Å². The molecular weight excluding hydrogens is 414 g/mol. The number of anilines is 1. The number of aromatic nitrogens is 2. The molecule has 9 heteroatoms. The molecular formula is C22H33N5O3S. The van der Waals surface area contributed by atoms with Crippen LogP contribution < -0.4 is 10.2 Å². The van der Waals surface area contributed by atoms with Gasteiger partial charge >= 0.3 is 0 Å². The number of aryl methyl sites for hydroxylation is 3. The third-order valence-corrected chi connectivity index (χ3v) is 7.68. The van der Waals surface area contributed by atoms with Gasteiger partial charge in [-0.2, -0.15) is 4.31 Å². The van der Waals surface area contributed by atoms with Gasteiger partial charge in [-0.15, -0.1) is 0 Å². The second-order valence-electron chi connectivity index (χ2n) is 8.37. The Bertz CT molecular complexity index is 971. The van der Waals surface area contributed by atoms with Crippen molar-refractivity contribution in [1.82, 2.24) is 19.2 Å². The number of hydrogen-bond donors (Lipinski definition) is 1. The molecule has 3 rings (SSSR count). The van der Waals surface area contributed by atoms with Crippen LogP contribution in [0.5, 0.6) is 0 Å². The Morgan fingerprint density at radius 3 is 2.39 bits per heavy atom. The van der Waals surface area contributed by atoms with Crippen LogP contribution in [0, 0.1) is 12.8 Å². The molecule has 0 spiro atoms. The molecule has 0 unspecified atom stereocenters. The average molecular weight is 448 g/mol. The van der Waals surface area contributed by atoms with Crippen molar-refractivity contribution in [3.05, 3.63) is 41.9 Å². The maximum atomic E-state index is 12.8. The highest BCUT2D eigenvalue weighted by Gasteiger charge is 2.33. The van der Waals surface area contributed by atoms with Crippen LogP contribution in [0.2, 0.25) is 0 Å². The van der Waals surface area contributed by atoms with Crippen molar-refractivity contribution in [1.29, 1.82) is 0 Å². The largest absolute Gasteiger partial charge is 0.378 e. The first-order valence-corrected chi connectivity index (χ1v) is 12.2. The zero-order chi connectivity index (χ0) is 22.6. The van der Waals surface area contributed by atoms with Gasteiger partial charge in [0.1, 0.15) is 5.82 Å². The first kappa shape index (κ1) is 23.3. The lowest BCUT2D eigenvalue weighted by Gasteiger charge is -2.29. The molecule has 1 N–H and O–H groups in total. The number of carbonyl (C=O) groups is 1. The van der Waals surface area contributed by atoms with Gasteiger partial charge in [0, 0.05) is 58.6 Å². The molecule has 1 aromatic carbocycles. The molecule has 0 atom stereocenters. The zero-order valence-electron chi connectivity index (χ0n) is 18.8. The third kappa shape index (κ3) is 5.65. The lowest BCUT2D eigenvalue weighted by atomic mass is 9.97. The van der Waals surface area contributed by atoms with Gasteiger partial charge in [0.15, 0.2) is 5.03 Å². The fraction of sp³-hybridized carbons (Fsp3) is 0.545. The van der Waals surface area contributed by atoms with E-state index in [4.69, 9.17) is 0 Å². The van der Waals surface area contributed by atoms with Crippen LogP contribution >= 0.6 is 0 Å². The fourth-order valence-electron chi connectivity index (χ4n) is 3.75. The molecule has 2 heterocycles. The maximum Gasteiger partial charge on any atom is 0.262 e. The summed E-state index contributed by atoms with van der Waals surface area (Å²) in [6, 6.07) is 8.44. The monoisotopic (exact) mass is 447 g/mol. The van der Waals surface area contributed by atoms with Crippen molar-refractivity contribution in [2.24, 2.45) is 13.0 Å². The number of sulfonamides is 1. The number of piperidine rings is 1. The number of nitrogens with one attached hydrogen (secondary N) is 1. The molecule has 8 nitrogen and oxygen atoms in total. The van der Waals surface area contributed by atoms with Gasteiger partial charge in [0.2, 0.25) is 5.91 Å². The van der Waals surface area contributed by atoms with E-state index in [0.29, 0.717) is 38.3 Å². The Morgan fingerprint density at radius 1 is 1.19 bits per heavy atom. The normalized spacial score (nSPS) is 15.7. The molecule has 1 fully saturated rings. The van der Waals surface area contributed by atoms with Crippen molar-refractivity contribution in [2.45, 2.75) is 37.6 Å². The molecule has 0 radical (unpaired) electrons. The topological polar surface area (TPSA) is 87.5 Å². The molecule has 1 aliphatic heterocycles. The first-order chi connectivity index (χ1) is 14.7. The van der Waals surface area contributed by atoms with E-state index in [-0.39, 0.29) is 16.9 Å². The zero-order valence-corrected chi connectivity index (χ0v) is 19.7. The standard InChI is InChI=1S/C22H33N5O3S/c1-17-24-21(16-26(17)4)31(29,30)27-14-11-19(12-15-27)22(28)23-13-5-6-18-7-9-20(10-8-18)25(2)3/h7-10,16,19H,5-6,11-15H2,1-4H3,(H,23,28). The van der Waals surface area contributed by atoms with Crippen LogP contribution in [-0.4, -0.2) is 61.9 Å². The SMILES string of the molecule is Cc1nc(S(=O)(=O)N2CCC(C(=O)NCCCc3ccc(N(C)C)cc3)CC2)cn1C. The molecule has 0 bridgehead atoms. The first-order valence-electron chi connectivity index (χ1n) is 10.7. The van der Waals surface area contributed by atoms with E-state index in [2.05, 4.69) is 39.5 Å². The van der Waals surface area contributed by atoms with Crippen LogP contribution in [0.3, 0.4) is 0 Å². The third-order valence-electron chi connectivity index (χ3n) is 5.91. The van der Waals surface area contributed by atoms with Gasteiger partial charge in [0.05, 0.1) is 0 Å². The minimum Gasteiger partial charge on any atom is -0.378 e. The van der Waals surface area contributed by atoms with Crippen LogP contribution in [0.15, 0.2) is 35.5 Å². The molecule has 1 amide bonds. The number of amides is 1. The predicted molar refractivity (Wildman–Crippen MR) is 122 cm³/mol. The van der Waals surface area contributed by atoms with Gasteiger partial charge in [-0.25, -0.2) is 13.4 Å². The summed E-state index contributed by atoms with van der Waals surface area (Å²) < 4.78 is 28.7. The second kappa shape index (κ2) is 9.82. The van der Waals surface area contributed by atoms with Crippen molar-refractivity contribution < 1.29 is 13.2 Å². The van der Waals surface area contributed by atoms with Crippen molar-refractivity contribution in [3.8, 4) is 0 Å². The van der Waals surface area contributed by atoms with Crippen LogP contribution in [0.4, 0.5) is 5.69 Å². The summed E-state index contributed by atoms with van der Waals surface area (Å²) in [5.74, 6) is 0.534. The summed E-state index contributed by atoms with van der Waals surface area (Å²) in [5.41, 5.74) is 2.42. The molecule has 1 aromatic heterocycles. The lowest BCUT2D eigenvalue weighted by molar-refractivity contribution is -0.126. The second-order valence-corrected chi connectivity index (χ2v) is 10.3. The van der Waals surface area contributed by atoms with Gasteiger partial charge in [-0.05, 0) is 50.3 Å². The number of nitrogens with zero attached hydrogens (tertiary/aromatic N) is 4. The molecule has 1 saturated heterocycles. The van der Waals surface area contributed by atoms with E-state index in [9.17, 15) is 13.2 Å². The molecule has 170 valence electrons. The van der Waals surface area contributed by atoms with Crippen molar-refractivity contribution >= 4 is 21.6 Å². The minimum absolute atomic E-state index is 0.0219. The number of imidazole rings is 1. The number of benzene rings is 1. The van der Waals surface area contributed by atoms with Gasteiger partial charge in [-0.3, -0.25) is 4.79 Å². The van der Waals surface area contributed by atoms with E-state index in [0.717, 1.165) is 12.8 Å². The van der Waals surface area contributed by atoms with Gasteiger partial charge < -0.3 is 14.8 Å². The minimum atomic E-state index is -3.61. The average Bonchev–Trinajstić information content (AvgIpc) is 3.10. The predicted octanol–water partition coefficient (Wildman–Crippen LogP) is 1.94. The smallest absolute Gasteiger partial charge is 0.262 e. The Hall–Kier alpha value is -2.39. The summed E-state index contributed by atoms with van der Waals surface area (Å²) in [6.45, 7) is 3.08. The van der Waals surface area contributed by atoms with E-state index >= 15 is 0 Å². The Balaban J connectivity index is 1.42. The molecule has 0 aliphatic carbocycles. The summed E-state index contributed by atoms with van der Waals surface area (Å²) in [7, 11) is 2.20. The Kier molecular flexibility index (Phi) is 7.38.